The minimum absolute atomic E-state index is 0.0597. The number of amides is 2. The van der Waals surface area contributed by atoms with E-state index in [9.17, 15) is 14.7 Å². The van der Waals surface area contributed by atoms with Crippen molar-refractivity contribution in [2.24, 2.45) is 0 Å². The van der Waals surface area contributed by atoms with Crippen LogP contribution in [-0.2, 0) is 9.59 Å². The summed E-state index contributed by atoms with van der Waals surface area (Å²) in [5, 5.41) is 10.7. The number of aliphatic hydroxyl groups is 1. The monoisotopic (exact) mass is 334 g/mol. The molecule has 6 heteroatoms. The average molecular weight is 334 g/mol. The summed E-state index contributed by atoms with van der Waals surface area (Å²) in [4.78, 5) is 27.1. The number of piperidine rings is 1. The van der Waals surface area contributed by atoms with Crippen LogP contribution in [-0.4, -0.2) is 65.6 Å². The fourth-order valence-corrected chi connectivity index (χ4v) is 2.95. The highest BCUT2D eigenvalue weighted by Crippen LogP contribution is 2.23. The van der Waals surface area contributed by atoms with Crippen LogP contribution < -0.4 is 4.74 Å². The molecule has 1 saturated heterocycles. The van der Waals surface area contributed by atoms with Gasteiger partial charge in [-0.25, -0.2) is 0 Å². The summed E-state index contributed by atoms with van der Waals surface area (Å²) in [5.74, 6) is 0.311. The lowest BCUT2D eigenvalue weighted by Gasteiger charge is -2.39. The zero-order valence-corrected chi connectivity index (χ0v) is 14.6. The van der Waals surface area contributed by atoms with Gasteiger partial charge in [-0.05, 0) is 31.4 Å². The third kappa shape index (κ3) is 4.26. The molecule has 2 rings (SSSR count). The maximum Gasteiger partial charge on any atom is 0.256 e. The summed E-state index contributed by atoms with van der Waals surface area (Å²) in [6, 6.07) is 7.69. The van der Waals surface area contributed by atoms with Gasteiger partial charge in [0, 0.05) is 20.5 Å². The van der Waals surface area contributed by atoms with E-state index in [1.54, 1.807) is 7.05 Å². The molecule has 1 heterocycles. The Morgan fingerprint density at radius 1 is 1.38 bits per heavy atom. The molecule has 0 unspecified atom stereocenters. The Morgan fingerprint density at radius 3 is 2.75 bits per heavy atom. The molecule has 0 aliphatic carbocycles. The van der Waals surface area contributed by atoms with Crippen LogP contribution in [0.15, 0.2) is 24.3 Å². The number of likely N-dealkylation sites (tertiary alicyclic amines) is 1. The predicted octanol–water partition coefficient (Wildman–Crippen LogP) is 1.21. The first-order valence-corrected chi connectivity index (χ1v) is 8.25. The number of nitrogens with zero attached hydrogens (tertiary/aromatic N) is 2. The molecule has 1 aromatic rings. The molecule has 1 fully saturated rings. The van der Waals surface area contributed by atoms with Crippen LogP contribution in [0, 0.1) is 6.92 Å². The Bertz CT molecular complexity index is 604. The van der Waals surface area contributed by atoms with E-state index in [4.69, 9.17) is 4.74 Å². The van der Waals surface area contributed by atoms with Crippen molar-refractivity contribution in [1.82, 2.24) is 9.80 Å². The van der Waals surface area contributed by atoms with Crippen LogP contribution in [0.5, 0.6) is 5.75 Å². The van der Waals surface area contributed by atoms with Gasteiger partial charge in [0.15, 0.2) is 5.60 Å². The number of aryl methyl sites for hydroxylation is 1. The predicted molar refractivity (Wildman–Crippen MR) is 90.7 cm³/mol. The van der Waals surface area contributed by atoms with Gasteiger partial charge in [0.25, 0.3) is 5.91 Å². The standard InChI is InChI=1S/C18H26N2O4/c1-14-7-4-5-8-16(14)24-12-11-19(3)17(22)18(23)9-6-10-20(13-18)15(2)21/h4-5,7-8,23H,6,9-13H2,1-3H3/t18-/m0/s1. The van der Waals surface area contributed by atoms with Gasteiger partial charge in [-0.15, -0.1) is 0 Å². The van der Waals surface area contributed by atoms with Crippen LogP contribution in [0.2, 0.25) is 0 Å². The highest BCUT2D eigenvalue weighted by molar-refractivity contribution is 5.86. The van der Waals surface area contributed by atoms with Gasteiger partial charge in [-0.3, -0.25) is 9.59 Å². The molecule has 1 aliphatic rings. The quantitative estimate of drug-likeness (QED) is 0.879. The van der Waals surface area contributed by atoms with Gasteiger partial charge in [-0.1, -0.05) is 18.2 Å². The number of benzene rings is 1. The molecule has 0 radical (unpaired) electrons. The first-order chi connectivity index (χ1) is 11.3. The summed E-state index contributed by atoms with van der Waals surface area (Å²) in [5.41, 5.74) is -0.462. The zero-order valence-electron chi connectivity index (χ0n) is 14.6. The minimum atomic E-state index is -1.50. The highest BCUT2D eigenvalue weighted by atomic mass is 16.5. The Morgan fingerprint density at radius 2 is 2.08 bits per heavy atom. The maximum atomic E-state index is 12.6. The lowest BCUT2D eigenvalue weighted by molar-refractivity contribution is -0.159. The Kier molecular flexibility index (Phi) is 5.83. The second kappa shape index (κ2) is 7.66. The van der Waals surface area contributed by atoms with Crippen molar-refractivity contribution in [2.45, 2.75) is 32.3 Å². The molecule has 0 saturated carbocycles. The van der Waals surface area contributed by atoms with E-state index in [1.807, 2.05) is 31.2 Å². The fraction of sp³-hybridized carbons (Fsp3) is 0.556. The summed E-state index contributed by atoms with van der Waals surface area (Å²) < 4.78 is 5.70. The number of likely N-dealkylation sites (N-methyl/N-ethyl adjacent to an activating group) is 1. The van der Waals surface area contributed by atoms with Gasteiger partial charge in [0.2, 0.25) is 5.91 Å². The molecular formula is C18H26N2O4. The fourth-order valence-electron chi connectivity index (χ4n) is 2.95. The van der Waals surface area contributed by atoms with E-state index in [-0.39, 0.29) is 18.4 Å². The van der Waals surface area contributed by atoms with Gasteiger partial charge in [0.1, 0.15) is 12.4 Å². The Labute approximate surface area is 143 Å². The molecule has 2 amide bonds. The van der Waals surface area contributed by atoms with Crippen molar-refractivity contribution in [2.75, 3.05) is 33.3 Å². The lowest BCUT2D eigenvalue weighted by Crippen LogP contribution is -2.58. The number of hydrogen-bond acceptors (Lipinski definition) is 4. The number of carbonyl (C=O) groups excluding carboxylic acids is 2. The molecular weight excluding hydrogens is 308 g/mol. The molecule has 1 N–H and O–H groups in total. The molecule has 1 atom stereocenters. The average Bonchev–Trinajstić information content (AvgIpc) is 2.55. The number of carbonyl (C=O) groups is 2. The number of ether oxygens (including phenoxy) is 1. The van der Waals surface area contributed by atoms with Crippen LogP contribution >= 0.6 is 0 Å². The van der Waals surface area contributed by atoms with Crippen LogP contribution in [0.1, 0.15) is 25.3 Å². The molecule has 0 spiro atoms. The van der Waals surface area contributed by atoms with E-state index >= 15 is 0 Å². The van der Waals surface area contributed by atoms with Crippen molar-refractivity contribution < 1.29 is 19.4 Å². The van der Waals surface area contributed by atoms with Gasteiger partial charge in [0.05, 0.1) is 13.1 Å². The smallest absolute Gasteiger partial charge is 0.256 e. The summed E-state index contributed by atoms with van der Waals surface area (Å²) in [6.45, 7) is 4.78. The highest BCUT2D eigenvalue weighted by Gasteiger charge is 2.42. The summed E-state index contributed by atoms with van der Waals surface area (Å²) in [6.07, 6.45) is 0.994. The lowest BCUT2D eigenvalue weighted by atomic mass is 9.91. The van der Waals surface area contributed by atoms with Crippen LogP contribution in [0.4, 0.5) is 0 Å². The van der Waals surface area contributed by atoms with Gasteiger partial charge in [-0.2, -0.15) is 0 Å². The molecule has 6 nitrogen and oxygen atoms in total. The van der Waals surface area contributed by atoms with Crippen molar-refractivity contribution in [3.63, 3.8) is 0 Å². The van der Waals surface area contributed by atoms with Crippen molar-refractivity contribution in [3.8, 4) is 5.75 Å². The number of β-amino-alcohol motifs (C(OH)–C–C–N with tert-alkyl or cyclic N) is 1. The summed E-state index contributed by atoms with van der Waals surface area (Å²) >= 11 is 0. The van der Waals surface area contributed by atoms with E-state index < -0.39 is 5.60 Å². The van der Waals surface area contributed by atoms with Crippen LogP contribution in [0.25, 0.3) is 0 Å². The molecule has 1 aromatic carbocycles. The third-order valence-electron chi connectivity index (χ3n) is 4.44. The van der Waals surface area contributed by atoms with E-state index in [0.29, 0.717) is 32.5 Å². The first-order valence-electron chi connectivity index (χ1n) is 8.25. The molecule has 24 heavy (non-hydrogen) atoms. The number of para-hydroxylation sites is 1. The topological polar surface area (TPSA) is 70.1 Å². The third-order valence-corrected chi connectivity index (χ3v) is 4.44. The van der Waals surface area contributed by atoms with Gasteiger partial charge < -0.3 is 19.6 Å². The zero-order chi connectivity index (χ0) is 17.7. The molecule has 0 aromatic heterocycles. The largest absolute Gasteiger partial charge is 0.491 e. The minimum Gasteiger partial charge on any atom is -0.491 e. The normalized spacial score (nSPS) is 20.6. The Hall–Kier alpha value is -2.08. The molecule has 132 valence electrons. The van der Waals surface area contributed by atoms with Crippen LogP contribution in [0.3, 0.4) is 0 Å². The summed E-state index contributed by atoms with van der Waals surface area (Å²) in [7, 11) is 1.65. The SMILES string of the molecule is CC(=O)N1CCC[C@@](O)(C(=O)N(C)CCOc2ccccc2C)C1. The number of rotatable bonds is 5. The molecule has 0 bridgehead atoms. The molecule has 1 aliphatic heterocycles. The Balaban J connectivity index is 1.89. The first kappa shape index (κ1) is 18.3. The van der Waals surface area contributed by atoms with E-state index in [2.05, 4.69) is 0 Å². The second-order valence-corrected chi connectivity index (χ2v) is 6.42. The number of hydrogen-bond donors (Lipinski definition) is 1. The van der Waals surface area contributed by atoms with Crippen molar-refractivity contribution >= 4 is 11.8 Å². The van der Waals surface area contributed by atoms with Crippen molar-refractivity contribution in [3.05, 3.63) is 29.8 Å². The maximum absolute atomic E-state index is 12.6. The van der Waals surface area contributed by atoms with Gasteiger partial charge >= 0.3 is 0 Å². The van der Waals surface area contributed by atoms with E-state index in [1.165, 1.54) is 16.7 Å². The second-order valence-electron chi connectivity index (χ2n) is 6.42. The van der Waals surface area contributed by atoms with E-state index in [0.717, 1.165) is 11.3 Å². The van der Waals surface area contributed by atoms with Crippen molar-refractivity contribution in [1.29, 1.82) is 0 Å².